The van der Waals surface area contributed by atoms with E-state index in [1.165, 1.54) is 0 Å². The quantitative estimate of drug-likeness (QED) is 0.508. The number of phenols is 1. The predicted octanol–water partition coefficient (Wildman–Crippen LogP) is 2.82. The Morgan fingerprint density at radius 3 is 2.48 bits per heavy atom. The van der Waals surface area contributed by atoms with Crippen molar-refractivity contribution in [3.8, 4) is 5.75 Å². The number of aromatic nitrogens is 2. The average Bonchev–Trinajstić information content (AvgIpc) is 3.19. The van der Waals surface area contributed by atoms with Gasteiger partial charge < -0.3 is 31.9 Å². The molecule has 2 aromatic rings. The molecule has 7 N–H and O–H groups in total. The first-order chi connectivity index (χ1) is 15.5. The van der Waals surface area contributed by atoms with E-state index in [9.17, 15) is 9.90 Å². The van der Waals surface area contributed by atoms with Crippen molar-refractivity contribution in [3.05, 3.63) is 59.7 Å². The normalized spacial score (nSPS) is 15.4. The lowest BCUT2D eigenvalue weighted by Gasteiger charge is -2.33. The number of amides is 1. The van der Waals surface area contributed by atoms with Gasteiger partial charge in [-0.15, -0.1) is 0 Å². The van der Waals surface area contributed by atoms with Crippen LogP contribution >= 0.6 is 0 Å². The number of carbonyl (C=O) groups excluding carboxylic acids is 1. The molecule has 0 radical (unpaired) electrons. The topological polar surface area (TPSA) is 146 Å². The number of aromatic hydroxyl groups is 1. The van der Waals surface area contributed by atoms with Crippen LogP contribution in [0.4, 0.5) is 4.79 Å². The van der Waals surface area contributed by atoms with E-state index in [0.29, 0.717) is 35.8 Å². The highest BCUT2D eigenvalue weighted by atomic mass is 16.6. The Morgan fingerprint density at radius 2 is 1.88 bits per heavy atom. The van der Waals surface area contributed by atoms with Crippen LogP contribution < -0.4 is 17.2 Å². The monoisotopic (exact) mass is 454 g/mol. The molecule has 33 heavy (non-hydrogen) atoms. The van der Waals surface area contributed by atoms with Crippen molar-refractivity contribution >= 4 is 17.4 Å². The zero-order chi connectivity index (χ0) is 24.2. The first-order valence-corrected chi connectivity index (χ1v) is 11.0. The zero-order valence-corrected chi connectivity index (χ0v) is 19.5. The number of nitrogens with two attached hydrogens (primary N) is 3. The first-order valence-electron chi connectivity index (χ1n) is 11.0. The summed E-state index contributed by atoms with van der Waals surface area (Å²) in [4.78, 5) is 14.0. The zero-order valence-electron chi connectivity index (χ0n) is 19.5. The van der Waals surface area contributed by atoms with E-state index in [0.717, 1.165) is 24.9 Å². The Kier molecular flexibility index (Phi) is 7.20. The molecule has 0 aliphatic carbocycles. The fraction of sp³-hybridized carbons (Fsp3) is 0.417. The van der Waals surface area contributed by atoms with Crippen LogP contribution in [0.25, 0.3) is 11.3 Å². The van der Waals surface area contributed by atoms with Crippen LogP contribution in [0.1, 0.15) is 44.7 Å². The van der Waals surface area contributed by atoms with E-state index in [4.69, 9.17) is 21.9 Å². The summed E-state index contributed by atoms with van der Waals surface area (Å²) in [5.74, 6) is 0.578. The highest BCUT2D eigenvalue weighted by molar-refractivity contribution is 5.84. The van der Waals surface area contributed by atoms with Crippen LogP contribution in [-0.2, 0) is 11.3 Å². The third-order valence-electron chi connectivity index (χ3n) is 5.48. The molecule has 3 rings (SSSR count). The lowest BCUT2D eigenvalue weighted by Crippen LogP contribution is -2.42. The molecule has 1 aliphatic heterocycles. The van der Waals surface area contributed by atoms with Crippen molar-refractivity contribution < 1.29 is 14.6 Å². The maximum Gasteiger partial charge on any atom is 0.410 e. The number of nitrogens with zero attached hydrogens (tertiary/aromatic N) is 3. The molecule has 1 saturated heterocycles. The van der Waals surface area contributed by atoms with Gasteiger partial charge in [0.2, 0.25) is 0 Å². The fourth-order valence-corrected chi connectivity index (χ4v) is 3.78. The maximum atomic E-state index is 12.3. The molecule has 1 aromatic carbocycles. The van der Waals surface area contributed by atoms with Crippen LogP contribution in [0.2, 0.25) is 0 Å². The van der Waals surface area contributed by atoms with E-state index >= 15 is 0 Å². The summed E-state index contributed by atoms with van der Waals surface area (Å²) in [6.45, 7) is 7.65. The van der Waals surface area contributed by atoms with Gasteiger partial charge in [-0.2, -0.15) is 5.10 Å². The summed E-state index contributed by atoms with van der Waals surface area (Å²) in [5.41, 5.74) is 19.7. The number of benzene rings is 1. The van der Waals surface area contributed by atoms with Gasteiger partial charge in [-0.05, 0) is 57.7 Å². The number of allylic oxidation sites excluding steroid dienone is 2. The number of ether oxygens (including phenoxy) is 1. The molecule has 1 fully saturated rings. The highest BCUT2D eigenvalue weighted by Gasteiger charge is 2.27. The van der Waals surface area contributed by atoms with E-state index < -0.39 is 5.60 Å². The number of hydrogen-bond donors (Lipinski definition) is 4. The third-order valence-corrected chi connectivity index (χ3v) is 5.48. The summed E-state index contributed by atoms with van der Waals surface area (Å²) in [5, 5.41) is 14.5. The minimum atomic E-state index is -0.493. The van der Waals surface area contributed by atoms with Gasteiger partial charge in [0.1, 0.15) is 17.2 Å². The summed E-state index contributed by atoms with van der Waals surface area (Å²) < 4.78 is 7.32. The first kappa shape index (κ1) is 24.0. The predicted molar refractivity (Wildman–Crippen MR) is 128 cm³/mol. The van der Waals surface area contributed by atoms with Crippen molar-refractivity contribution in [2.75, 3.05) is 13.1 Å². The number of rotatable bonds is 5. The number of phenolic OH excluding ortho intramolecular Hbond substituents is 1. The van der Waals surface area contributed by atoms with Crippen LogP contribution in [0.3, 0.4) is 0 Å². The minimum Gasteiger partial charge on any atom is -0.507 e. The van der Waals surface area contributed by atoms with Gasteiger partial charge in [0.25, 0.3) is 0 Å². The molecular weight excluding hydrogens is 420 g/mol. The number of para-hydroxylation sites is 1. The van der Waals surface area contributed by atoms with Gasteiger partial charge in [-0.3, -0.25) is 4.68 Å². The summed E-state index contributed by atoms with van der Waals surface area (Å²) in [7, 11) is 0. The highest BCUT2D eigenvalue weighted by Crippen LogP contribution is 2.26. The van der Waals surface area contributed by atoms with Gasteiger partial charge in [0.15, 0.2) is 0 Å². The van der Waals surface area contributed by atoms with Crippen LogP contribution in [0.5, 0.6) is 5.75 Å². The third kappa shape index (κ3) is 6.44. The molecule has 9 nitrogen and oxygen atoms in total. The Balaban J connectivity index is 1.64. The number of likely N-dealkylation sites (tertiary alicyclic amines) is 1. The lowest BCUT2D eigenvalue weighted by molar-refractivity contribution is 0.0177. The molecular formula is C24H34N6O3. The van der Waals surface area contributed by atoms with Crippen LogP contribution in [-0.4, -0.2) is 44.6 Å². The number of hydrogen-bond acceptors (Lipinski definition) is 7. The fourth-order valence-electron chi connectivity index (χ4n) is 3.78. The summed E-state index contributed by atoms with van der Waals surface area (Å²) in [6, 6.07) is 6.80. The second-order valence-corrected chi connectivity index (χ2v) is 9.35. The molecule has 0 bridgehead atoms. The van der Waals surface area contributed by atoms with E-state index in [1.54, 1.807) is 41.4 Å². The van der Waals surface area contributed by atoms with Gasteiger partial charge >= 0.3 is 6.09 Å². The molecule has 0 spiro atoms. The van der Waals surface area contributed by atoms with Gasteiger partial charge in [-0.1, -0.05) is 12.1 Å². The van der Waals surface area contributed by atoms with Gasteiger partial charge in [-0.25, -0.2) is 4.79 Å². The summed E-state index contributed by atoms with van der Waals surface area (Å²) in [6.07, 6.45) is 6.70. The summed E-state index contributed by atoms with van der Waals surface area (Å²) >= 11 is 0. The Labute approximate surface area is 194 Å². The van der Waals surface area contributed by atoms with Crippen molar-refractivity contribution in [2.45, 2.75) is 45.8 Å². The molecule has 2 heterocycles. The van der Waals surface area contributed by atoms with E-state index in [2.05, 4.69) is 5.10 Å². The second-order valence-electron chi connectivity index (χ2n) is 9.35. The molecule has 0 saturated carbocycles. The molecule has 0 unspecified atom stereocenters. The average molecular weight is 455 g/mol. The van der Waals surface area contributed by atoms with Crippen LogP contribution in [0.15, 0.2) is 48.6 Å². The SMILES string of the molecule is CC(C)(C)OC(=O)N1CCC(Cn2cc(C(/C=C(\N)c3ccccc3O)=C(N)N)cn2)CC1. The van der Waals surface area contributed by atoms with Crippen LogP contribution in [0, 0.1) is 5.92 Å². The lowest BCUT2D eigenvalue weighted by atomic mass is 9.97. The maximum absolute atomic E-state index is 12.3. The standard InChI is InChI=1S/C24H34N6O3/c1-24(2,3)33-23(32)29-10-8-16(9-11-29)14-30-15-17(13-28-30)19(22(26)27)12-20(25)18-6-4-5-7-21(18)31/h4-7,12-13,15-16,31H,8-11,14,25-27H2,1-3H3/b20-12-. The Hall–Kier alpha value is -3.62. The van der Waals surface area contributed by atoms with Crippen molar-refractivity contribution in [2.24, 2.45) is 23.1 Å². The minimum absolute atomic E-state index is 0.0783. The molecule has 1 amide bonds. The largest absolute Gasteiger partial charge is 0.507 e. The van der Waals surface area contributed by atoms with Gasteiger partial charge in [0.05, 0.1) is 6.20 Å². The van der Waals surface area contributed by atoms with E-state index in [1.807, 2.05) is 31.6 Å². The molecule has 178 valence electrons. The number of piperidine rings is 1. The smallest absolute Gasteiger partial charge is 0.410 e. The van der Waals surface area contributed by atoms with Crippen molar-refractivity contribution in [1.82, 2.24) is 14.7 Å². The van der Waals surface area contributed by atoms with Crippen molar-refractivity contribution in [3.63, 3.8) is 0 Å². The van der Waals surface area contributed by atoms with Crippen molar-refractivity contribution in [1.29, 1.82) is 0 Å². The van der Waals surface area contributed by atoms with Gasteiger partial charge in [0, 0.05) is 48.2 Å². The molecule has 9 heteroatoms. The van der Waals surface area contributed by atoms with E-state index in [-0.39, 0.29) is 17.7 Å². The Bertz CT molecular complexity index is 1040. The molecule has 0 atom stereocenters. The molecule has 1 aromatic heterocycles. The Morgan fingerprint density at radius 1 is 1.21 bits per heavy atom. The second kappa shape index (κ2) is 9.89. The molecule has 1 aliphatic rings. The number of carbonyl (C=O) groups is 1.